The Hall–Kier alpha value is -1.43. The molecule has 1 saturated carbocycles. The summed E-state index contributed by atoms with van der Waals surface area (Å²) < 4.78 is 5.83. The van der Waals surface area contributed by atoms with E-state index in [9.17, 15) is 9.90 Å². The first-order valence-electron chi connectivity index (χ1n) is 8.92. The van der Waals surface area contributed by atoms with E-state index in [0.29, 0.717) is 0 Å². The van der Waals surface area contributed by atoms with Crippen molar-refractivity contribution in [3.8, 4) is 0 Å². The minimum Gasteiger partial charge on any atom is -0.392 e. The van der Waals surface area contributed by atoms with Crippen molar-refractivity contribution in [3.05, 3.63) is 29.8 Å². The molecule has 5 nitrogen and oxygen atoms in total. The van der Waals surface area contributed by atoms with Crippen LogP contribution >= 0.6 is 0 Å². The minimum atomic E-state index is -0.201. The number of carbonyl (C=O) groups is 1. The lowest BCUT2D eigenvalue weighted by atomic mass is 9.58. The maximum Gasteiger partial charge on any atom is 0.221 e. The lowest BCUT2D eigenvalue weighted by Gasteiger charge is -2.56. The number of nitrogens with zero attached hydrogens (tertiary/aromatic N) is 1. The molecule has 5 heteroatoms. The van der Waals surface area contributed by atoms with Crippen molar-refractivity contribution in [3.63, 3.8) is 0 Å². The first-order valence-corrected chi connectivity index (χ1v) is 8.92. The average molecular weight is 332 g/mol. The summed E-state index contributed by atoms with van der Waals surface area (Å²) in [6, 6.07) is 8.03. The van der Waals surface area contributed by atoms with Gasteiger partial charge < -0.3 is 15.2 Å². The van der Waals surface area contributed by atoms with Gasteiger partial charge in [-0.15, -0.1) is 0 Å². The molecular weight excluding hydrogens is 304 g/mol. The van der Waals surface area contributed by atoms with Gasteiger partial charge in [0.15, 0.2) is 0 Å². The summed E-state index contributed by atoms with van der Waals surface area (Å²) in [7, 11) is 0. The fourth-order valence-corrected chi connectivity index (χ4v) is 4.10. The summed E-state index contributed by atoms with van der Waals surface area (Å²) in [6.45, 7) is 7.16. The number of piperidine rings is 1. The highest BCUT2D eigenvalue weighted by atomic mass is 16.5. The number of hydrogen-bond acceptors (Lipinski definition) is 4. The largest absolute Gasteiger partial charge is 0.392 e. The molecule has 0 aromatic heterocycles. The molecule has 2 aliphatic rings. The molecular formula is C19H28N2O3. The fourth-order valence-electron chi connectivity index (χ4n) is 4.10. The maximum absolute atomic E-state index is 11.1. The predicted octanol–water partition coefficient (Wildman–Crippen LogP) is 2.40. The molecule has 2 N–H and O–H groups in total. The van der Waals surface area contributed by atoms with Gasteiger partial charge in [0.05, 0.1) is 12.2 Å². The third-order valence-electron chi connectivity index (χ3n) is 5.58. The van der Waals surface area contributed by atoms with Crippen LogP contribution in [0.5, 0.6) is 0 Å². The minimum absolute atomic E-state index is 0.0121. The zero-order chi connectivity index (χ0) is 17.2. The van der Waals surface area contributed by atoms with E-state index in [4.69, 9.17) is 4.74 Å². The van der Waals surface area contributed by atoms with E-state index in [1.165, 1.54) is 12.5 Å². The van der Waals surface area contributed by atoms with Crippen LogP contribution in [0.15, 0.2) is 24.3 Å². The highest BCUT2D eigenvalue weighted by Crippen LogP contribution is 2.51. The Balaban J connectivity index is 1.53. The molecule has 1 aromatic carbocycles. The van der Waals surface area contributed by atoms with Crippen molar-refractivity contribution >= 4 is 11.6 Å². The predicted molar refractivity (Wildman–Crippen MR) is 93.7 cm³/mol. The highest BCUT2D eigenvalue weighted by Gasteiger charge is 2.55. The van der Waals surface area contributed by atoms with Crippen LogP contribution in [-0.2, 0) is 16.1 Å². The van der Waals surface area contributed by atoms with Gasteiger partial charge in [0.2, 0.25) is 5.91 Å². The Labute approximate surface area is 144 Å². The molecule has 0 radical (unpaired) electrons. The van der Waals surface area contributed by atoms with Gasteiger partial charge in [-0.2, -0.15) is 0 Å². The van der Waals surface area contributed by atoms with E-state index in [2.05, 4.69) is 22.3 Å². The van der Waals surface area contributed by atoms with Crippen LogP contribution in [0, 0.1) is 5.41 Å². The lowest BCUT2D eigenvalue weighted by molar-refractivity contribution is -0.209. The van der Waals surface area contributed by atoms with E-state index in [1.54, 1.807) is 0 Å². The van der Waals surface area contributed by atoms with Crippen molar-refractivity contribution in [1.82, 2.24) is 4.90 Å². The SMILES string of the molecule is CCOC1CC(O)C12CCN(Cc1ccc(NC(C)=O)cc1)CC2. The van der Waals surface area contributed by atoms with Crippen molar-refractivity contribution in [1.29, 1.82) is 0 Å². The number of ether oxygens (including phenoxy) is 1. The quantitative estimate of drug-likeness (QED) is 0.869. The normalized spacial score (nSPS) is 26.1. The first-order chi connectivity index (χ1) is 11.5. The van der Waals surface area contributed by atoms with Crippen molar-refractivity contribution in [2.45, 2.75) is 51.9 Å². The fraction of sp³-hybridized carbons (Fsp3) is 0.632. The number of amides is 1. The number of nitrogens with one attached hydrogen (secondary N) is 1. The number of aliphatic hydroxyl groups excluding tert-OH is 1. The molecule has 2 fully saturated rings. The number of aliphatic hydroxyl groups is 1. The molecule has 1 saturated heterocycles. The van der Waals surface area contributed by atoms with Gasteiger partial charge in [-0.05, 0) is 50.6 Å². The van der Waals surface area contributed by atoms with Crippen LogP contribution < -0.4 is 5.32 Å². The van der Waals surface area contributed by atoms with Gasteiger partial charge in [0.1, 0.15) is 0 Å². The zero-order valence-electron chi connectivity index (χ0n) is 14.6. The first kappa shape index (κ1) is 17.4. The summed E-state index contributed by atoms with van der Waals surface area (Å²) in [5, 5.41) is 13.1. The highest BCUT2D eigenvalue weighted by molar-refractivity contribution is 5.88. The lowest BCUT2D eigenvalue weighted by Crippen LogP contribution is -2.62. The molecule has 1 aliphatic heterocycles. The Morgan fingerprint density at radius 2 is 2.00 bits per heavy atom. The molecule has 1 aliphatic carbocycles. The zero-order valence-corrected chi connectivity index (χ0v) is 14.6. The summed E-state index contributed by atoms with van der Waals surface area (Å²) >= 11 is 0. The van der Waals surface area contributed by atoms with Crippen LogP contribution in [0.4, 0.5) is 5.69 Å². The molecule has 24 heavy (non-hydrogen) atoms. The number of anilines is 1. The Morgan fingerprint density at radius 1 is 1.33 bits per heavy atom. The van der Waals surface area contributed by atoms with Crippen molar-refractivity contribution < 1.29 is 14.6 Å². The molecule has 3 rings (SSSR count). The summed E-state index contributed by atoms with van der Waals surface area (Å²) in [4.78, 5) is 13.5. The van der Waals surface area contributed by atoms with Gasteiger partial charge >= 0.3 is 0 Å². The number of hydrogen-bond donors (Lipinski definition) is 2. The second-order valence-electron chi connectivity index (χ2n) is 7.08. The van der Waals surface area contributed by atoms with E-state index in [0.717, 1.165) is 51.2 Å². The summed E-state index contributed by atoms with van der Waals surface area (Å²) in [6.07, 6.45) is 2.83. The Kier molecular flexibility index (Phi) is 5.23. The Bertz CT molecular complexity index is 562. The average Bonchev–Trinajstić information content (AvgIpc) is 2.57. The van der Waals surface area contributed by atoms with Crippen LogP contribution in [-0.4, -0.2) is 47.8 Å². The van der Waals surface area contributed by atoms with Gasteiger partial charge in [0, 0.05) is 37.6 Å². The summed E-state index contributed by atoms with van der Waals surface area (Å²) in [5.41, 5.74) is 2.07. The number of carbonyl (C=O) groups excluding carboxylic acids is 1. The molecule has 132 valence electrons. The maximum atomic E-state index is 11.1. The van der Waals surface area contributed by atoms with Gasteiger partial charge in [-0.25, -0.2) is 0 Å². The van der Waals surface area contributed by atoms with Crippen LogP contribution in [0.1, 0.15) is 38.7 Å². The topological polar surface area (TPSA) is 61.8 Å². The van der Waals surface area contributed by atoms with E-state index < -0.39 is 0 Å². The van der Waals surface area contributed by atoms with Gasteiger partial charge in [-0.1, -0.05) is 12.1 Å². The van der Waals surface area contributed by atoms with Crippen LogP contribution in [0.25, 0.3) is 0 Å². The number of rotatable bonds is 5. The van der Waals surface area contributed by atoms with E-state index in [1.807, 2.05) is 19.1 Å². The van der Waals surface area contributed by atoms with Crippen molar-refractivity contribution in [2.75, 3.05) is 25.0 Å². The molecule has 2 unspecified atom stereocenters. The monoisotopic (exact) mass is 332 g/mol. The van der Waals surface area contributed by atoms with Crippen molar-refractivity contribution in [2.24, 2.45) is 5.41 Å². The molecule has 1 amide bonds. The van der Waals surface area contributed by atoms with E-state index >= 15 is 0 Å². The summed E-state index contributed by atoms with van der Waals surface area (Å²) in [5.74, 6) is -0.0491. The smallest absolute Gasteiger partial charge is 0.221 e. The third kappa shape index (κ3) is 3.48. The van der Waals surface area contributed by atoms with E-state index in [-0.39, 0.29) is 23.5 Å². The molecule has 1 heterocycles. The third-order valence-corrected chi connectivity index (χ3v) is 5.58. The molecule has 0 bridgehead atoms. The number of likely N-dealkylation sites (tertiary alicyclic amines) is 1. The number of benzene rings is 1. The Morgan fingerprint density at radius 3 is 2.54 bits per heavy atom. The molecule has 2 atom stereocenters. The molecule has 1 spiro atoms. The molecule has 1 aromatic rings. The van der Waals surface area contributed by atoms with Gasteiger partial charge in [0.25, 0.3) is 0 Å². The second kappa shape index (κ2) is 7.21. The second-order valence-corrected chi connectivity index (χ2v) is 7.08. The van der Waals surface area contributed by atoms with Gasteiger partial charge in [-0.3, -0.25) is 9.69 Å². The van der Waals surface area contributed by atoms with Crippen LogP contribution in [0.2, 0.25) is 0 Å². The standard InChI is InChI=1S/C19H28N2O3/c1-3-24-18-12-17(23)19(18)8-10-21(11-9-19)13-15-4-6-16(7-5-15)20-14(2)22/h4-7,17-18,23H,3,8-13H2,1-2H3,(H,20,22). The van der Waals surface area contributed by atoms with Crippen LogP contribution in [0.3, 0.4) is 0 Å².